The van der Waals surface area contributed by atoms with Crippen LogP contribution in [0.3, 0.4) is 0 Å². The maximum Gasteiger partial charge on any atom is 0.326 e. The van der Waals surface area contributed by atoms with Gasteiger partial charge in [-0.1, -0.05) is 0 Å². The second-order valence-corrected chi connectivity index (χ2v) is 8.03. The standard InChI is InChI=1S/C15H20FN3O4S/c1-18-5-4-10(8-18)2-3-11-6-12(16)15(13(20)7-11)19-9-14(21)17-24(19,22)23/h6-7,10,20H,2-5,8-9H2,1H3,(H,17,21). The number of carbonyl (C=O) groups excluding carboxylic acids is 1. The molecule has 9 heteroatoms. The van der Waals surface area contributed by atoms with Gasteiger partial charge < -0.3 is 10.0 Å². The maximum absolute atomic E-state index is 14.4. The Morgan fingerprint density at radius 2 is 2.17 bits per heavy atom. The van der Waals surface area contributed by atoms with Gasteiger partial charge in [-0.25, -0.2) is 13.4 Å². The number of amides is 1. The van der Waals surface area contributed by atoms with Gasteiger partial charge in [-0.15, -0.1) is 0 Å². The van der Waals surface area contributed by atoms with Crippen molar-refractivity contribution in [2.75, 3.05) is 31.0 Å². The van der Waals surface area contributed by atoms with Crippen LogP contribution in [-0.4, -0.2) is 51.0 Å². The number of anilines is 1. The molecule has 24 heavy (non-hydrogen) atoms. The number of aromatic hydroxyl groups is 1. The van der Waals surface area contributed by atoms with E-state index in [9.17, 15) is 22.7 Å². The highest BCUT2D eigenvalue weighted by atomic mass is 32.2. The number of halogens is 1. The number of carbonyl (C=O) groups is 1. The molecule has 2 aliphatic rings. The summed E-state index contributed by atoms with van der Waals surface area (Å²) in [5.74, 6) is -1.55. The molecule has 0 aliphatic carbocycles. The minimum Gasteiger partial charge on any atom is -0.506 e. The van der Waals surface area contributed by atoms with E-state index in [1.165, 1.54) is 12.1 Å². The van der Waals surface area contributed by atoms with Crippen molar-refractivity contribution in [2.24, 2.45) is 5.92 Å². The Bertz CT molecular complexity index is 745. The first-order valence-corrected chi connectivity index (χ1v) is 9.23. The fraction of sp³-hybridized carbons (Fsp3) is 0.533. The van der Waals surface area contributed by atoms with E-state index in [0.717, 1.165) is 25.9 Å². The van der Waals surface area contributed by atoms with Crippen LogP contribution in [0.25, 0.3) is 0 Å². The second-order valence-electron chi connectivity index (χ2n) is 6.44. The molecule has 132 valence electrons. The monoisotopic (exact) mass is 357 g/mol. The van der Waals surface area contributed by atoms with E-state index in [1.807, 2.05) is 0 Å². The van der Waals surface area contributed by atoms with Crippen LogP contribution in [-0.2, 0) is 21.4 Å². The van der Waals surface area contributed by atoms with Crippen LogP contribution in [0.1, 0.15) is 18.4 Å². The predicted octanol–water partition coefficient (Wildman–Crippen LogP) is 0.597. The zero-order valence-electron chi connectivity index (χ0n) is 13.3. The Morgan fingerprint density at radius 3 is 2.71 bits per heavy atom. The lowest BCUT2D eigenvalue weighted by molar-refractivity contribution is -0.117. The van der Waals surface area contributed by atoms with Crippen LogP contribution in [0.2, 0.25) is 0 Å². The number of nitrogens with zero attached hydrogens (tertiary/aromatic N) is 2. The molecule has 2 aliphatic heterocycles. The van der Waals surface area contributed by atoms with Crippen molar-refractivity contribution < 1.29 is 22.7 Å². The molecule has 2 N–H and O–H groups in total. The van der Waals surface area contributed by atoms with Crippen molar-refractivity contribution in [3.05, 3.63) is 23.5 Å². The summed E-state index contributed by atoms with van der Waals surface area (Å²) < 4.78 is 40.3. The number of hydrogen-bond donors (Lipinski definition) is 2. The van der Waals surface area contributed by atoms with Gasteiger partial charge >= 0.3 is 10.2 Å². The van der Waals surface area contributed by atoms with Gasteiger partial charge in [0.15, 0.2) is 5.82 Å². The molecule has 2 heterocycles. The number of benzene rings is 1. The summed E-state index contributed by atoms with van der Waals surface area (Å²) in [7, 11) is -2.09. The van der Waals surface area contributed by atoms with Crippen molar-refractivity contribution in [3.63, 3.8) is 0 Å². The molecule has 0 spiro atoms. The van der Waals surface area contributed by atoms with Gasteiger partial charge in [-0.05, 0) is 56.5 Å². The summed E-state index contributed by atoms with van der Waals surface area (Å²) in [5.41, 5.74) is 0.122. The number of aryl methyl sites for hydroxylation is 1. The fourth-order valence-electron chi connectivity index (χ4n) is 3.31. The first-order chi connectivity index (χ1) is 11.3. The quantitative estimate of drug-likeness (QED) is 0.823. The van der Waals surface area contributed by atoms with Crippen molar-refractivity contribution in [3.8, 4) is 5.75 Å². The van der Waals surface area contributed by atoms with E-state index in [-0.39, 0.29) is 0 Å². The Labute approximate surface area is 140 Å². The zero-order valence-corrected chi connectivity index (χ0v) is 14.1. The van der Waals surface area contributed by atoms with Crippen LogP contribution >= 0.6 is 0 Å². The Balaban J connectivity index is 1.78. The van der Waals surface area contributed by atoms with Crippen molar-refractivity contribution >= 4 is 21.8 Å². The topological polar surface area (TPSA) is 89.9 Å². The number of rotatable bonds is 4. The van der Waals surface area contributed by atoms with Gasteiger partial charge in [0, 0.05) is 6.54 Å². The van der Waals surface area contributed by atoms with Gasteiger partial charge in [-0.2, -0.15) is 8.42 Å². The summed E-state index contributed by atoms with van der Waals surface area (Å²) >= 11 is 0. The largest absolute Gasteiger partial charge is 0.506 e. The first kappa shape index (κ1) is 17.0. The van der Waals surface area contributed by atoms with E-state index in [0.29, 0.717) is 22.2 Å². The van der Waals surface area contributed by atoms with Crippen LogP contribution < -0.4 is 9.03 Å². The lowest BCUT2D eigenvalue weighted by Gasteiger charge is -2.18. The minimum atomic E-state index is -4.15. The van der Waals surface area contributed by atoms with Crippen LogP contribution in [0.4, 0.5) is 10.1 Å². The van der Waals surface area contributed by atoms with Gasteiger partial charge in [0.2, 0.25) is 0 Å². The molecule has 0 radical (unpaired) electrons. The van der Waals surface area contributed by atoms with Crippen molar-refractivity contribution in [1.82, 2.24) is 9.62 Å². The van der Waals surface area contributed by atoms with Gasteiger partial charge in [0.1, 0.15) is 18.0 Å². The Hall–Kier alpha value is -1.87. The summed E-state index contributed by atoms with van der Waals surface area (Å²) in [6, 6.07) is 2.60. The Morgan fingerprint density at radius 1 is 1.42 bits per heavy atom. The fourth-order valence-corrected chi connectivity index (χ4v) is 4.48. The van der Waals surface area contributed by atoms with Crippen LogP contribution in [0, 0.1) is 11.7 Å². The minimum absolute atomic E-state index is 0.478. The first-order valence-electron chi connectivity index (χ1n) is 7.79. The highest BCUT2D eigenvalue weighted by molar-refractivity contribution is 7.92. The van der Waals surface area contributed by atoms with Gasteiger partial charge in [0.25, 0.3) is 5.91 Å². The molecule has 1 atom stereocenters. The summed E-state index contributed by atoms with van der Waals surface area (Å²) in [6.45, 7) is 1.52. The van der Waals surface area contributed by atoms with Crippen molar-refractivity contribution in [1.29, 1.82) is 0 Å². The zero-order chi connectivity index (χ0) is 17.5. The molecular formula is C15H20FN3O4S. The molecule has 1 aromatic carbocycles. The number of hydrogen-bond acceptors (Lipinski definition) is 5. The van der Waals surface area contributed by atoms with E-state index in [1.54, 1.807) is 4.72 Å². The molecule has 0 saturated carbocycles. The third-order valence-electron chi connectivity index (χ3n) is 4.50. The average molecular weight is 357 g/mol. The molecule has 3 rings (SSSR count). The van der Waals surface area contributed by atoms with E-state index in [2.05, 4.69) is 11.9 Å². The lowest BCUT2D eigenvalue weighted by Crippen LogP contribution is -2.30. The number of likely N-dealkylation sites (tertiary alicyclic amines) is 1. The van der Waals surface area contributed by atoms with Crippen LogP contribution in [0.15, 0.2) is 12.1 Å². The predicted molar refractivity (Wildman–Crippen MR) is 86.4 cm³/mol. The number of nitrogens with one attached hydrogen (secondary N) is 1. The maximum atomic E-state index is 14.4. The normalized spacial score (nSPS) is 23.7. The molecule has 2 saturated heterocycles. The molecule has 0 aromatic heterocycles. The van der Waals surface area contributed by atoms with E-state index < -0.39 is 39.9 Å². The highest BCUT2D eigenvalue weighted by Gasteiger charge is 2.37. The third-order valence-corrected chi connectivity index (χ3v) is 5.88. The number of phenols is 1. The van der Waals surface area contributed by atoms with Gasteiger partial charge in [0.05, 0.1) is 0 Å². The molecule has 1 aromatic rings. The number of phenolic OH excluding ortho intramolecular Hbond substituents is 1. The third kappa shape index (κ3) is 3.32. The molecule has 7 nitrogen and oxygen atoms in total. The Kier molecular flexibility index (Phi) is 4.39. The second kappa shape index (κ2) is 6.21. The molecular weight excluding hydrogens is 337 g/mol. The van der Waals surface area contributed by atoms with E-state index >= 15 is 0 Å². The molecule has 2 fully saturated rings. The summed E-state index contributed by atoms with van der Waals surface area (Å²) in [5, 5.41) is 10.1. The molecule has 1 unspecified atom stereocenters. The smallest absolute Gasteiger partial charge is 0.326 e. The van der Waals surface area contributed by atoms with Gasteiger partial charge in [-0.3, -0.25) is 4.79 Å². The lowest BCUT2D eigenvalue weighted by atomic mass is 9.98. The summed E-state index contributed by atoms with van der Waals surface area (Å²) in [4.78, 5) is 13.5. The highest BCUT2D eigenvalue weighted by Crippen LogP contribution is 2.35. The SMILES string of the molecule is CN1CCC(CCc2cc(O)c(N3CC(=O)NS3(=O)=O)c(F)c2)C1. The van der Waals surface area contributed by atoms with Crippen LogP contribution in [0.5, 0.6) is 5.75 Å². The summed E-state index contributed by atoms with van der Waals surface area (Å²) in [6.07, 6.45) is 2.58. The average Bonchev–Trinajstić information content (AvgIpc) is 2.99. The molecule has 0 bridgehead atoms. The van der Waals surface area contributed by atoms with Crippen molar-refractivity contribution in [2.45, 2.75) is 19.3 Å². The molecule has 1 amide bonds. The van der Waals surface area contributed by atoms with E-state index in [4.69, 9.17) is 0 Å².